The van der Waals surface area contributed by atoms with Gasteiger partial charge in [-0.3, -0.25) is 0 Å². The molecule has 0 spiro atoms. The number of rotatable bonds is 3. The molecular weight excluding hydrogens is 266 g/mol. The highest BCUT2D eigenvalue weighted by Gasteiger charge is 2.48. The summed E-state index contributed by atoms with van der Waals surface area (Å²) in [5.74, 6) is 1.90. The summed E-state index contributed by atoms with van der Waals surface area (Å²) in [5, 5.41) is 6.39. The molecule has 1 saturated carbocycles. The lowest BCUT2D eigenvalue weighted by Crippen LogP contribution is -2.14. The fourth-order valence-corrected chi connectivity index (χ4v) is 3.55. The topological polar surface area (TPSA) is 37.8 Å². The maximum absolute atomic E-state index is 4.82. The molecule has 1 N–H and O–H groups in total. The number of nitrogens with one attached hydrogen (secondary N) is 1. The van der Waals surface area contributed by atoms with E-state index in [1.165, 1.54) is 5.56 Å². The van der Waals surface area contributed by atoms with Crippen LogP contribution >= 0.6 is 11.3 Å². The summed E-state index contributed by atoms with van der Waals surface area (Å²) in [6.45, 7) is 0. The average molecular weight is 281 g/mol. The van der Waals surface area contributed by atoms with E-state index in [4.69, 9.17) is 9.97 Å². The van der Waals surface area contributed by atoms with Gasteiger partial charge in [0.05, 0.1) is 10.8 Å². The molecule has 1 aliphatic carbocycles. The van der Waals surface area contributed by atoms with E-state index in [1.54, 1.807) is 11.3 Å². The maximum Gasteiger partial charge on any atom is 0.142 e. The van der Waals surface area contributed by atoms with Gasteiger partial charge in [0, 0.05) is 7.05 Å². The Kier molecular flexibility index (Phi) is 2.54. The first-order valence-corrected chi connectivity index (χ1v) is 7.70. The Morgan fingerprint density at radius 2 is 1.90 bits per heavy atom. The fourth-order valence-electron chi connectivity index (χ4n) is 2.78. The lowest BCUT2D eigenvalue weighted by atomic mass is 9.95. The molecule has 3 nitrogen and oxygen atoms in total. The normalized spacial score (nSPS) is 16.2. The van der Waals surface area contributed by atoms with Gasteiger partial charge in [0.25, 0.3) is 0 Å². The van der Waals surface area contributed by atoms with Gasteiger partial charge >= 0.3 is 0 Å². The molecule has 4 heteroatoms. The molecule has 0 aliphatic heterocycles. The highest BCUT2D eigenvalue weighted by atomic mass is 32.1. The molecule has 0 bridgehead atoms. The number of thiophene rings is 1. The van der Waals surface area contributed by atoms with Crippen molar-refractivity contribution in [2.45, 2.75) is 18.3 Å². The van der Waals surface area contributed by atoms with Crippen LogP contribution in [-0.4, -0.2) is 17.0 Å². The van der Waals surface area contributed by atoms with Gasteiger partial charge in [0.15, 0.2) is 0 Å². The highest BCUT2D eigenvalue weighted by Crippen LogP contribution is 2.52. The molecule has 1 aromatic carbocycles. The molecular formula is C16H15N3S. The Balaban J connectivity index is 1.90. The molecule has 0 saturated heterocycles. The minimum absolute atomic E-state index is 0.0328. The van der Waals surface area contributed by atoms with Gasteiger partial charge in [0.2, 0.25) is 0 Å². The van der Waals surface area contributed by atoms with E-state index in [1.807, 2.05) is 7.05 Å². The van der Waals surface area contributed by atoms with Crippen molar-refractivity contribution in [3.05, 3.63) is 53.2 Å². The molecule has 0 amide bonds. The molecule has 0 radical (unpaired) electrons. The van der Waals surface area contributed by atoms with Gasteiger partial charge in [-0.1, -0.05) is 30.3 Å². The van der Waals surface area contributed by atoms with Crippen LogP contribution in [0, 0.1) is 0 Å². The lowest BCUT2D eigenvalue weighted by molar-refractivity contribution is 0.766. The van der Waals surface area contributed by atoms with E-state index in [0.29, 0.717) is 0 Å². The molecule has 100 valence electrons. The van der Waals surface area contributed by atoms with Crippen LogP contribution in [0.4, 0.5) is 5.82 Å². The summed E-state index contributed by atoms with van der Waals surface area (Å²) < 4.78 is 0. The number of anilines is 1. The standard InChI is InChI=1S/C16H15N3S/c1-17-13-12-7-10-20-14(12)19-15(18-13)16(8-9-16)11-5-3-2-4-6-11/h2-7,10H,8-9H2,1H3,(H,17,18,19). The molecule has 0 unspecified atom stereocenters. The lowest BCUT2D eigenvalue weighted by Gasteiger charge is -2.15. The van der Waals surface area contributed by atoms with Crippen molar-refractivity contribution in [2.24, 2.45) is 0 Å². The smallest absolute Gasteiger partial charge is 0.142 e. The van der Waals surface area contributed by atoms with Crippen LogP contribution in [0.5, 0.6) is 0 Å². The Labute approximate surface area is 121 Å². The largest absolute Gasteiger partial charge is 0.372 e. The van der Waals surface area contributed by atoms with Crippen LogP contribution in [0.2, 0.25) is 0 Å². The summed E-state index contributed by atoms with van der Waals surface area (Å²) in [7, 11) is 1.92. The first-order chi connectivity index (χ1) is 9.83. The number of hydrogen-bond acceptors (Lipinski definition) is 4. The first-order valence-electron chi connectivity index (χ1n) is 6.82. The maximum atomic E-state index is 4.82. The van der Waals surface area contributed by atoms with Crippen molar-refractivity contribution in [3.8, 4) is 0 Å². The third-order valence-electron chi connectivity index (χ3n) is 4.07. The van der Waals surface area contributed by atoms with Crippen LogP contribution in [0.1, 0.15) is 24.2 Å². The van der Waals surface area contributed by atoms with Crippen LogP contribution in [-0.2, 0) is 5.41 Å². The predicted octanol–water partition coefficient (Wildman–Crippen LogP) is 3.81. The van der Waals surface area contributed by atoms with E-state index in [0.717, 1.165) is 34.7 Å². The summed E-state index contributed by atoms with van der Waals surface area (Å²) in [4.78, 5) is 10.7. The average Bonchev–Trinajstić information content (AvgIpc) is 3.19. The number of fused-ring (bicyclic) bond motifs is 1. The minimum Gasteiger partial charge on any atom is -0.372 e. The van der Waals surface area contributed by atoms with Crippen molar-refractivity contribution in [3.63, 3.8) is 0 Å². The second-order valence-electron chi connectivity index (χ2n) is 5.23. The van der Waals surface area contributed by atoms with Crippen molar-refractivity contribution in [1.82, 2.24) is 9.97 Å². The minimum atomic E-state index is 0.0328. The van der Waals surface area contributed by atoms with E-state index in [9.17, 15) is 0 Å². The zero-order chi connectivity index (χ0) is 13.6. The second kappa shape index (κ2) is 4.28. The zero-order valence-corrected chi connectivity index (χ0v) is 12.1. The van der Waals surface area contributed by atoms with E-state index in [-0.39, 0.29) is 5.41 Å². The Hall–Kier alpha value is -1.94. The van der Waals surface area contributed by atoms with Crippen LogP contribution in [0.25, 0.3) is 10.2 Å². The van der Waals surface area contributed by atoms with Crippen LogP contribution < -0.4 is 5.32 Å². The summed E-state index contributed by atoms with van der Waals surface area (Å²) in [6.07, 6.45) is 2.27. The predicted molar refractivity (Wildman–Crippen MR) is 83.4 cm³/mol. The molecule has 0 atom stereocenters. The monoisotopic (exact) mass is 281 g/mol. The fraction of sp³-hybridized carbons (Fsp3) is 0.250. The highest BCUT2D eigenvalue weighted by molar-refractivity contribution is 7.16. The van der Waals surface area contributed by atoms with E-state index >= 15 is 0 Å². The van der Waals surface area contributed by atoms with Gasteiger partial charge in [-0.15, -0.1) is 11.3 Å². The van der Waals surface area contributed by atoms with Gasteiger partial charge in [0.1, 0.15) is 16.5 Å². The Morgan fingerprint density at radius 3 is 2.60 bits per heavy atom. The zero-order valence-electron chi connectivity index (χ0n) is 11.3. The summed E-state index contributed by atoms with van der Waals surface area (Å²) in [5.41, 5.74) is 1.36. The second-order valence-corrected chi connectivity index (χ2v) is 6.13. The van der Waals surface area contributed by atoms with Crippen molar-refractivity contribution >= 4 is 27.4 Å². The molecule has 2 aromatic heterocycles. The molecule has 20 heavy (non-hydrogen) atoms. The quantitative estimate of drug-likeness (QED) is 0.793. The van der Waals surface area contributed by atoms with Gasteiger partial charge < -0.3 is 5.32 Å². The summed E-state index contributed by atoms with van der Waals surface area (Å²) in [6, 6.07) is 12.7. The van der Waals surface area contributed by atoms with Gasteiger partial charge in [-0.25, -0.2) is 9.97 Å². The Bertz CT molecular complexity index is 760. The SMILES string of the molecule is CNc1nc(C2(c3ccccc3)CC2)nc2sccc12. The third kappa shape index (κ3) is 1.64. The number of benzene rings is 1. The van der Waals surface area contributed by atoms with E-state index in [2.05, 4.69) is 47.1 Å². The molecule has 1 fully saturated rings. The van der Waals surface area contributed by atoms with Gasteiger partial charge in [-0.05, 0) is 29.9 Å². The molecule has 3 aromatic rings. The van der Waals surface area contributed by atoms with Crippen molar-refractivity contribution in [2.75, 3.05) is 12.4 Å². The summed E-state index contributed by atoms with van der Waals surface area (Å²) >= 11 is 1.68. The van der Waals surface area contributed by atoms with Crippen molar-refractivity contribution in [1.29, 1.82) is 0 Å². The van der Waals surface area contributed by atoms with Crippen LogP contribution in [0.15, 0.2) is 41.8 Å². The number of aromatic nitrogens is 2. The molecule has 2 heterocycles. The van der Waals surface area contributed by atoms with Gasteiger partial charge in [-0.2, -0.15) is 0 Å². The number of nitrogens with zero attached hydrogens (tertiary/aromatic N) is 2. The van der Waals surface area contributed by atoms with E-state index < -0.39 is 0 Å². The molecule has 4 rings (SSSR count). The first kappa shape index (κ1) is 11.9. The Morgan fingerprint density at radius 1 is 1.10 bits per heavy atom. The molecule has 1 aliphatic rings. The number of hydrogen-bond donors (Lipinski definition) is 1. The third-order valence-corrected chi connectivity index (χ3v) is 4.87. The van der Waals surface area contributed by atoms with Crippen molar-refractivity contribution < 1.29 is 0 Å². The van der Waals surface area contributed by atoms with Crippen LogP contribution in [0.3, 0.4) is 0 Å².